The van der Waals surface area contributed by atoms with E-state index in [0.29, 0.717) is 24.2 Å². The minimum atomic E-state index is -0.762. The summed E-state index contributed by atoms with van der Waals surface area (Å²) in [6.07, 6.45) is 4.33. The summed E-state index contributed by atoms with van der Waals surface area (Å²) in [7, 11) is 1.97. The third-order valence-corrected chi connectivity index (χ3v) is 5.69. The van der Waals surface area contributed by atoms with Crippen molar-refractivity contribution in [1.29, 1.82) is 0 Å². The van der Waals surface area contributed by atoms with Crippen LogP contribution in [0.1, 0.15) is 38.2 Å². The van der Waals surface area contributed by atoms with Gasteiger partial charge in [-0.1, -0.05) is 12.1 Å². The van der Waals surface area contributed by atoms with Crippen LogP contribution in [0.3, 0.4) is 0 Å². The summed E-state index contributed by atoms with van der Waals surface area (Å²) < 4.78 is 0. The molecule has 3 fully saturated rings. The molecule has 27 heavy (non-hydrogen) atoms. The Labute approximate surface area is 176 Å². The number of carbonyl (C=O) groups excluding carboxylic acids is 2. The zero-order chi connectivity index (χ0) is 18.5. The largest absolute Gasteiger partial charge is 0.370 e. The highest BCUT2D eigenvalue weighted by molar-refractivity contribution is 14.0. The van der Waals surface area contributed by atoms with E-state index in [1.165, 1.54) is 17.7 Å². The molecule has 0 aromatic heterocycles. The zero-order valence-electron chi connectivity index (χ0n) is 15.6. The number of guanidine groups is 1. The molecular formula is C19H26IN5O2. The Morgan fingerprint density at radius 3 is 2.44 bits per heavy atom. The summed E-state index contributed by atoms with van der Waals surface area (Å²) in [5.74, 6) is 0.640. The number of rotatable bonds is 5. The molecule has 3 amide bonds. The third-order valence-electron chi connectivity index (χ3n) is 5.69. The lowest BCUT2D eigenvalue weighted by atomic mass is 9.96. The van der Waals surface area contributed by atoms with Gasteiger partial charge in [-0.15, -0.1) is 24.0 Å². The van der Waals surface area contributed by atoms with Crippen LogP contribution in [-0.2, 0) is 11.3 Å². The molecule has 1 atom stereocenters. The summed E-state index contributed by atoms with van der Waals surface area (Å²) in [5.41, 5.74) is 6.82. The Hall–Kier alpha value is -1.84. The normalized spacial score (nSPS) is 25.3. The van der Waals surface area contributed by atoms with Crippen molar-refractivity contribution in [2.75, 3.05) is 11.9 Å². The van der Waals surface area contributed by atoms with E-state index in [9.17, 15) is 9.59 Å². The molecule has 1 heterocycles. The molecule has 2 saturated carbocycles. The molecule has 1 aromatic rings. The van der Waals surface area contributed by atoms with Crippen molar-refractivity contribution >= 4 is 47.6 Å². The van der Waals surface area contributed by atoms with Crippen molar-refractivity contribution < 1.29 is 9.59 Å². The molecule has 2 aliphatic carbocycles. The number of aliphatic imine (C=N–C) groups is 1. The van der Waals surface area contributed by atoms with Gasteiger partial charge >= 0.3 is 6.03 Å². The van der Waals surface area contributed by atoms with Crippen LogP contribution in [0.2, 0.25) is 0 Å². The van der Waals surface area contributed by atoms with Crippen molar-refractivity contribution in [3.63, 3.8) is 0 Å². The lowest BCUT2D eigenvalue weighted by molar-refractivity contribution is -0.122. The highest BCUT2D eigenvalue weighted by atomic mass is 127. The molecule has 1 aliphatic heterocycles. The Morgan fingerprint density at radius 2 is 1.89 bits per heavy atom. The van der Waals surface area contributed by atoms with Gasteiger partial charge in [0.15, 0.2) is 5.96 Å². The highest BCUT2D eigenvalue weighted by Gasteiger charge is 2.56. The van der Waals surface area contributed by atoms with Crippen molar-refractivity contribution in [3.05, 3.63) is 29.8 Å². The standard InChI is InChI=1S/C19H25N5O2.HI/c1-19(13-5-6-13)16(25)24(18(26)22-19)15-7-3-12(4-8-15)11-21-17(20)23(2)14-9-10-14;/h3-4,7-8,13-14H,5-6,9-11H2,1-2H3,(H2,20,21)(H,22,26);1H. The maximum absolute atomic E-state index is 12.8. The number of hydrogen-bond acceptors (Lipinski definition) is 3. The molecule has 1 unspecified atom stereocenters. The Morgan fingerprint density at radius 1 is 1.26 bits per heavy atom. The molecule has 7 nitrogen and oxygen atoms in total. The second-order valence-corrected chi connectivity index (χ2v) is 7.73. The number of imide groups is 1. The number of nitrogens with zero attached hydrogens (tertiary/aromatic N) is 3. The second kappa shape index (κ2) is 7.29. The molecule has 4 rings (SSSR count). The maximum Gasteiger partial charge on any atom is 0.329 e. The zero-order valence-corrected chi connectivity index (χ0v) is 18.0. The number of hydrogen-bond donors (Lipinski definition) is 2. The molecule has 3 aliphatic rings. The number of amides is 3. The van der Waals surface area contributed by atoms with Gasteiger partial charge in [0, 0.05) is 13.1 Å². The van der Waals surface area contributed by atoms with Gasteiger partial charge in [0.2, 0.25) is 0 Å². The van der Waals surface area contributed by atoms with Crippen LogP contribution >= 0.6 is 24.0 Å². The van der Waals surface area contributed by atoms with Crippen molar-refractivity contribution in [3.8, 4) is 0 Å². The minimum absolute atomic E-state index is 0. The van der Waals surface area contributed by atoms with E-state index >= 15 is 0 Å². The van der Waals surface area contributed by atoms with Crippen molar-refractivity contribution in [1.82, 2.24) is 10.2 Å². The molecule has 8 heteroatoms. The van der Waals surface area contributed by atoms with Crippen LogP contribution in [0.5, 0.6) is 0 Å². The van der Waals surface area contributed by atoms with Crippen LogP contribution < -0.4 is 16.0 Å². The number of halogens is 1. The van der Waals surface area contributed by atoms with Gasteiger partial charge in [-0.25, -0.2) is 14.7 Å². The molecule has 1 aromatic carbocycles. The fourth-order valence-corrected chi connectivity index (χ4v) is 3.51. The topological polar surface area (TPSA) is 91.0 Å². The first kappa shape index (κ1) is 19.9. The maximum atomic E-state index is 12.8. The Kier molecular flexibility index (Phi) is 5.38. The van der Waals surface area contributed by atoms with Crippen LogP contribution in [-0.4, -0.2) is 41.4 Å². The molecule has 1 saturated heterocycles. The van der Waals surface area contributed by atoms with Crippen LogP contribution in [0.25, 0.3) is 0 Å². The van der Waals surface area contributed by atoms with Gasteiger partial charge < -0.3 is 16.0 Å². The fourth-order valence-electron chi connectivity index (χ4n) is 3.51. The first-order chi connectivity index (χ1) is 12.4. The Bertz CT molecular complexity index is 773. The molecule has 3 N–H and O–H groups in total. The summed E-state index contributed by atoms with van der Waals surface area (Å²) in [4.78, 5) is 32.8. The van der Waals surface area contributed by atoms with E-state index in [2.05, 4.69) is 10.3 Å². The van der Waals surface area contributed by atoms with E-state index in [1.807, 2.05) is 31.0 Å². The smallest absolute Gasteiger partial charge is 0.329 e. The quantitative estimate of drug-likeness (QED) is 0.292. The number of nitrogens with two attached hydrogens (primary N) is 1. The van der Waals surface area contributed by atoms with E-state index in [4.69, 9.17) is 5.73 Å². The summed E-state index contributed by atoms with van der Waals surface area (Å²) in [6.45, 7) is 2.30. The van der Waals surface area contributed by atoms with Crippen LogP contribution in [0.15, 0.2) is 29.3 Å². The molecule has 146 valence electrons. The predicted molar refractivity (Wildman–Crippen MR) is 115 cm³/mol. The molecular weight excluding hydrogens is 457 g/mol. The third kappa shape index (κ3) is 3.76. The lowest BCUT2D eigenvalue weighted by Gasteiger charge is -2.21. The van der Waals surface area contributed by atoms with E-state index in [0.717, 1.165) is 18.4 Å². The SMILES string of the molecule is CN(C(N)=NCc1ccc(N2C(=O)NC(C)(C3CC3)C2=O)cc1)C1CC1.I. The number of nitrogens with one attached hydrogen (secondary N) is 1. The van der Waals surface area contributed by atoms with Gasteiger partial charge in [-0.05, 0) is 56.2 Å². The number of benzene rings is 1. The summed E-state index contributed by atoms with van der Waals surface area (Å²) >= 11 is 0. The van der Waals surface area contributed by atoms with Crippen molar-refractivity contribution in [2.45, 2.75) is 50.7 Å². The van der Waals surface area contributed by atoms with Gasteiger partial charge in [0.1, 0.15) is 5.54 Å². The average molecular weight is 483 g/mol. The van der Waals surface area contributed by atoms with Gasteiger partial charge in [-0.3, -0.25) is 4.79 Å². The number of carbonyl (C=O) groups is 2. The fraction of sp³-hybridized carbons (Fsp3) is 0.526. The first-order valence-corrected chi connectivity index (χ1v) is 9.18. The minimum Gasteiger partial charge on any atom is -0.370 e. The lowest BCUT2D eigenvalue weighted by Crippen LogP contribution is -2.46. The summed E-state index contributed by atoms with van der Waals surface area (Å²) in [6, 6.07) is 7.54. The monoisotopic (exact) mass is 483 g/mol. The van der Waals surface area contributed by atoms with E-state index in [1.54, 1.807) is 12.1 Å². The first-order valence-electron chi connectivity index (χ1n) is 9.18. The van der Waals surface area contributed by atoms with Gasteiger partial charge in [-0.2, -0.15) is 0 Å². The van der Waals surface area contributed by atoms with Crippen LogP contribution in [0, 0.1) is 5.92 Å². The van der Waals surface area contributed by atoms with Crippen LogP contribution in [0.4, 0.5) is 10.5 Å². The summed E-state index contributed by atoms with van der Waals surface area (Å²) in [5, 5.41) is 2.87. The number of anilines is 1. The van der Waals surface area contributed by atoms with E-state index < -0.39 is 5.54 Å². The van der Waals surface area contributed by atoms with Gasteiger partial charge in [0.25, 0.3) is 5.91 Å². The second-order valence-electron chi connectivity index (χ2n) is 7.73. The molecule has 0 radical (unpaired) electrons. The predicted octanol–water partition coefficient (Wildman–Crippen LogP) is 2.44. The molecule has 0 bridgehead atoms. The average Bonchev–Trinajstić information content (AvgIpc) is 3.51. The van der Waals surface area contributed by atoms with Crippen molar-refractivity contribution in [2.24, 2.45) is 16.6 Å². The number of urea groups is 1. The van der Waals surface area contributed by atoms with E-state index in [-0.39, 0.29) is 41.8 Å². The highest BCUT2D eigenvalue weighted by Crippen LogP contribution is 2.43. The van der Waals surface area contributed by atoms with Gasteiger partial charge in [0.05, 0.1) is 12.2 Å². The molecule has 0 spiro atoms. The Balaban J connectivity index is 0.00000210.